The Morgan fingerprint density at radius 1 is 1.20 bits per heavy atom. The van der Waals surface area contributed by atoms with Crippen LogP contribution in [-0.2, 0) is 9.59 Å². The van der Waals surface area contributed by atoms with Crippen LogP contribution < -0.4 is 5.32 Å². The average Bonchev–Trinajstić information content (AvgIpc) is 3.18. The Kier molecular flexibility index (Phi) is 8.25. The Hall–Kier alpha value is -2.88. The number of aliphatic carboxylic acids is 1. The van der Waals surface area contributed by atoms with Crippen LogP contribution in [0.5, 0.6) is 0 Å². The molecule has 2 saturated carbocycles. The van der Waals surface area contributed by atoms with E-state index in [9.17, 15) is 18.0 Å². The summed E-state index contributed by atoms with van der Waals surface area (Å²) in [6, 6.07) is 12.1. The van der Waals surface area contributed by atoms with Gasteiger partial charge in [-0.15, -0.1) is 0 Å². The Morgan fingerprint density at radius 2 is 1.77 bits per heavy atom. The van der Waals surface area contributed by atoms with Crippen molar-refractivity contribution in [1.29, 1.82) is 0 Å². The lowest BCUT2D eigenvalue weighted by atomic mass is 10.0. The van der Waals surface area contributed by atoms with Crippen LogP contribution >= 0.6 is 0 Å². The van der Waals surface area contributed by atoms with E-state index < -0.39 is 12.1 Å². The highest BCUT2D eigenvalue weighted by Gasteiger charge is 2.45. The number of benzene rings is 1. The normalized spacial score (nSPS) is 19.2. The molecule has 192 valence electrons. The van der Waals surface area contributed by atoms with Crippen molar-refractivity contribution in [2.24, 2.45) is 11.3 Å². The highest BCUT2D eigenvalue weighted by molar-refractivity contribution is 5.91. The third kappa shape index (κ3) is 7.55. The van der Waals surface area contributed by atoms with Crippen LogP contribution in [0.4, 0.5) is 19.0 Å². The molecule has 0 radical (unpaired) electrons. The van der Waals surface area contributed by atoms with E-state index in [4.69, 9.17) is 15.0 Å². The number of para-hydroxylation sites is 1. The summed E-state index contributed by atoms with van der Waals surface area (Å²) in [5.74, 6) is -0.740. The molecular formula is C25H33F3N4O3. The van der Waals surface area contributed by atoms with Gasteiger partial charge in [0.25, 0.3) is 0 Å². The maximum atomic E-state index is 12.7. The molecule has 10 heteroatoms. The molecule has 0 saturated heterocycles. The zero-order chi connectivity index (χ0) is 25.8. The number of hydrogen-bond donors (Lipinski definition) is 2. The molecule has 7 nitrogen and oxygen atoms in total. The minimum atomic E-state index is -5.08. The van der Waals surface area contributed by atoms with Gasteiger partial charge in [0.05, 0.1) is 17.9 Å². The number of carboxylic acid groups (broad SMARTS) is 1. The van der Waals surface area contributed by atoms with Crippen LogP contribution in [0.15, 0.2) is 36.4 Å². The second kappa shape index (κ2) is 10.8. The SMILES string of the molecule is CN(CC(=O)Nc1cc(C2CCCC2)nn1-c1ccccc1)CC1CC1(C)C.O=C(O)C(F)(F)F. The van der Waals surface area contributed by atoms with E-state index >= 15 is 0 Å². The van der Waals surface area contributed by atoms with E-state index in [2.05, 4.69) is 30.1 Å². The molecule has 1 aromatic heterocycles. The fraction of sp³-hybridized carbons (Fsp3) is 0.560. The average molecular weight is 495 g/mol. The number of hydrogen-bond acceptors (Lipinski definition) is 4. The summed E-state index contributed by atoms with van der Waals surface area (Å²) < 4.78 is 33.6. The van der Waals surface area contributed by atoms with Gasteiger partial charge in [-0.25, -0.2) is 9.48 Å². The van der Waals surface area contributed by atoms with Gasteiger partial charge in [-0.1, -0.05) is 44.9 Å². The number of aromatic nitrogens is 2. The van der Waals surface area contributed by atoms with Gasteiger partial charge < -0.3 is 10.4 Å². The lowest BCUT2D eigenvalue weighted by Gasteiger charge is -2.17. The molecule has 35 heavy (non-hydrogen) atoms. The molecule has 1 amide bonds. The molecule has 0 bridgehead atoms. The number of rotatable bonds is 7. The van der Waals surface area contributed by atoms with Gasteiger partial charge in [-0.05, 0) is 49.8 Å². The minimum absolute atomic E-state index is 0.0241. The predicted octanol–water partition coefficient (Wildman–Crippen LogP) is 5.08. The standard InChI is InChI=1S/C23H32N4O.C2HF3O2/c1-23(2)14-18(23)15-26(3)16-22(28)24-21-13-20(17-9-7-8-10-17)25-27(21)19-11-5-4-6-12-19;3-2(4,5)1(6)7/h4-6,11-13,17-18H,7-10,14-16H2,1-3H3,(H,24,28);(H,6,7). The van der Waals surface area contributed by atoms with Gasteiger partial charge in [0.2, 0.25) is 5.91 Å². The molecule has 1 heterocycles. The Labute approximate surface area is 203 Å². The molecule has 2 fully saturated rings. The van der Waals surface area contributed by atoms with Crippen molar-refractivity contribution in [3.63, 3.8) is 0 Å². The van der Waals surface area contributed by atoms with E-state index in [1.165, 1.54) is 32.1 Å². The van der Waals surface area contributed by atoms with Gasteiger partial charge in [0, 0.05) is 18.5 Å². The Bertz CT molecular complexity index is 1010. The van der Waals surface area contributed by atoms with Crippen LogP contribution in [0.1, 0.15) is 57.6 Å². The number of carbonyl (C=O) groups is 2. The molecule has 1 unspecified atom stereocenters. The zero-order valence-corrected chi connectivity index (χ0v) is 20.3. The number of carbonyl (C=O) groups excluding carboxylic acids is 1. The van der Waals surface area contributed by atoms with Crippen LogP contribution in [0.3, 0.4) is 0 Å². The maximum Gasteiger partial charge on any atom is 0.490 e. The molecule has 1 atom stereocenters. The molecule has 0 spiro atoms. The van der Waals surface area contributed by atoms with Crippen molar-refractivity contribution >= 4 is 17.7 Å². The topological polar surface area (TPSA) is 87.5 Å². The summed E-state index contributed by atoms with van der Waals surface area (Å²) in [5, 5.41) is 15.1. The number of amides is 1. The number of carboxylic acids is 1. The lowest BCUT2D eigenvalue weighted by molar-refractivity contribution is -0.192. The summed E-state index contributed by atoms with van der Waals surface area (Å²) >= 11 is 0. The molecule has 2 aromatic rings. The largest absolute Gasteiger partial charge is 0.490 e. The maximum absolute atomic E-state index is 12.7. The lowest BCUT2D eigenvalue weighted by Crippen LogP contribution is -2.32. The quantitative estimate of drug-likeness (QED) is 0.561. The molecule has 1 aromatic carbocycles. The van der Waals surface area contributed by atoms with Gasteiger partial charge >= 0.3 is 12.1 Å². The third-order valence-corrected chi connectivity index (χ3v) is 6.68. The van der Waals surface area contributed by atoms with E-state index in [0.717, 1.165) is 23.7 Å². The molecule has 2 aliphatic rings. The first-order chi connectivity index (χ1) is 16.4. The first-order valence-corrected chi connectivity index (χ1v) is 11.8. The van der Waals surface area contributed by atoms with Crippen LogP contribution in [0.25, 0.3) is 5.69 Å². The van der Waals surface area contributed by atoms with Gasteiger partial charge in [0.15, 0.2) is 0 Å². The summed E-state index contributed by atoms with van der Waals surface area (Å²) in [5.41, 5.74) is 2.52. The monoisotopic (exact) mass is 494 g/mol. The number of likely N-dealkylation sites (N-methyl/N-ethyl adjacent to an activating group) is 1. The van der Waals surface area contributed by atoms with Crippen molar-refractivity contribution in [3.8, 4) is 5.69 Å². The number of anilines is 1. The summed E-state index contributed by atoms with van der Waals surface area (Å²) in [4.78, 5) is 23.7. The van der Waals surface area contributed by atoms with Gasteiger partial charge in [-0.3, -0.25) is 9.69 Å². The fourth-order valence-electron chi connectivity index (χ4n) is 4.43. The van der Waals surface area contributed by atoms with Crippen LogP contribution in [0, 0.1) is 11.3 Å². The Balaban J connectivity index is 0.000000429. The van der Waals surface area contributed by atoms with Crippen molar-refractivity contribution in [3.05, 3.63) is 42.1 Å². The minimum Gasteiger partial charge on any atom is -0.475 e. The van der Waals surface area contributed by atoms with E-state index in [1.54, 1.807) is 0 Å². The predicted molar refractivity (Wildman–Crippen MR) is 126 cm³/mol. The van der Waals surface area contributed by atoms with Crippen LogP contribution in [0.2, 0.25) is 0 Å². The summed E-state index contributed by atoms with van der Waals surface area (Å²) in [7, 11) is 2.03. The summed E-state index contributed by atoms with van der Waals surface area (Å²) in [6.45, 7) is 5.99. The second-order valence-corrected chi connectivity index (χ2v) is 10.1. The number of halogens is 3. The van der Waals surface area contributed by atoms with E-state index in [1.807, 2.05) is 42.1 Å². The highest BCUT2D eigenvalue weighted by atomic mass is 19.4. The Morgan fingerprint density at radius 3 is 2.29 bits per heavy atom. The van der Waals surface area contributed by atoms with Gasteiger partial charge in [0.1, 0.15) is 5.82 Å². The van der Waals surface area contributed by atoms with Crippen molar-refractivity contribution in [2.75, 3.05) is 25.5 Å². The van der Waals surface area contributed by atoms with Crippen molar-refractivity contribution < 1.29 is 27.9 Å². The molecule has 4 rings (SSSR count). The summed E-state index contributed by atoms with van der Waals surface area (Å²) in [6.07, 6.45) is 1.10. The fourth-order valence-corrected chi connectivity index (χ4v) is 4.43. The van der Waals surface area contributed by atoms with Gasteiger partial charge in [-0.2, -0.15) is 18.3 Å². The molecule has 2 N–H and O–H groups in total. The number of nitrogens with zero attached hydrogens (tertiary/aromatic N) is 3. The molecule has 0 aliphatic heterocycles. The smallest absolute Gasteiger partial charge is 0.475 e. The number of nitrogens with one attached hydrogen (secondary N) is 1. The zero-order valence-electron chi connectivity index (χ0n) is 20.3. The first kappa shape index (κ1) is 26.7. The third-order valence-electron chi connectivity index (χ3n) is 6.68. The highest BCUT2D eigenvalue weighted by Crippen LogP contribution is 2.51. The van der Waals surface area contributed by atoms with Crippen molar-refractivity contribution in [1.82, 2.24) is 14.7 Å². The van der Waals surface area contributed by atoms with Crippen LogP contribution in [-0.4, -0.2) is 58.0 Å². The second-order valence-electron chi connectivity index (χ2n) is 10.1. The van der Waals surface area contributed by atoms with E-state index in [-0.39, 0.29) is 5.91 Å². The molecular weight excluding hydrogens is 461 g/mol. The number of alkyl halides is 3. The first-order valence-electron chi connectivity index (χ1n) is 11.8. The van der Waals surface area contributed by atoms with E-state index in [0.29, 0.717) is 23.8 Å². The molecule has 2 aliphatic carbocycles. The van der Waals surface area contributed by atoms with Crippen molar-refractivity contribution in [2.45, 2.75) is 58.0 Å².